The van der Waals surface area contributed by atoms with E-state index >= 15 is 0 Å². The van der Waals surface area contributed by atoms with Gasteiger partial charge in [0.2, 0.25) is 5.91 Å². The number of benzene rings is 1. The Hall–Kier alpha value is -0.810. The standard InChI is InChI=1S/C14H17BrN2OS/c1-2-11(8-10-4-3-5-12(15)9-10)13(18)17-14-16-6-7-19-14/h3-5,9,11H,2,6-8H2,1H3,(H,16,17,18)/t11-/m0/s1. The summed E-state index contributed by atoms with van der Waals surface area (Å²) in [5, 5.41) is 3.70. The average molecular weight is 341 g/mol. The smallest absolute Gasteiger partial charge is 0.229 e. The van der Waals surface area contributed by atoms with Crippen LogP contribution in [0.1, 0.15) is 18.9 Å². The summed E-state index contributed by atoms with van der Waals surface area (Å²) in [5.74, 6) is 1.05. The van der Waals surface area contributed by atoms with Crippen LogP contribution in [-0.2, 0) is 11.2 Å². The maximum atomic E-state index is 12.2. The van der Waals surface area contributed by atoms with Crippen molar-refractivity contribution in [3.8, 4) is 0 Å². The maximum absolute atomic E-state index is 12.2. The Morgan fingerprint density at radius 2 is 2.42 bits per heavy atom. The summed E-state index contributed by atoms with van der Waals surface area (Å²) in [7, 11) is 0. The van der Waals surface area contributed by atoms with Gasteiger partial charge in [-0.05, 0) is 30.5 Å². The molecule has 19 heavy (non-hydrogen) atoms. The van der Waals surface area contributed by atoms with Crippen LogP contribution in [0.2, 0.25) is 0 Å². The fourth-order valence-electron chi connectivity index (χ4n) is 1.99. The second-order valence-electron chi connectivity index (χ2n) is 4.46. The fourth-order valence-corrected chi connectivity index (χ4v) is 3.17. The van der Waals surface area contributed by atoms with Crippen LogP contribution in [0.3, 0.4) is 0 Å². The number of carbonyl (C=O) groups is 1. The number of hydrogen-bond acceptors (Lipinski definition) is 3. The largest absolute Gasteiger partial charge is 0.305 e. The van der Waals surface area contributed by atoms with Gasteiger partial charge in [-0.15, -0.1) is 0 Å². The molecule has 1 aromatic rings. The number of thioether (sulfide) groups is 1. The molecule has 0 aliphatic carbocycles. The fraction of sp³-hybridized carbons (Fsp3) is 0.429. The van der Waals surface area contributed by atoms with E-state index in [0.29, 0.717) is 0 Å². The summed E-state index contributed by atoms with van der Waals surface area (Å²) >= 11 is 5.08. The zero-order chi connectivity index (χ0) is 13.7. The quantitative estimate of drug-likeness (QED) is 0.914. The monoisotopic (exact) mass is 340 g/mol. The number of halogens is 1. The Morgan fingerprint density at radius 3 is 3.05 bits per heavy atom. The number of nitrogens with zero attached hydrogens (tertiary/aromatic N) is 1. The highest BCUT2D eigenvalue weighted by Gasteiger charge is 2.19. The highest BCUT2D eigenvalue weighted by molar-refractivity contribution is 9.10. The summed E-state index contributed by atoms with van der Waals surface area (Å²) in [6, 6.07) is 8.12. The van der Waals surface area contributed by atoms with E-state index < -0.39 is 0 Å². The summed E-state index contributed by atoms with van der Waals surface area (Å²) in [6.07, 6.45) is 1.59. The predicted octanol–water partition coefficient (Wildman–Crippen LogP) is 3.24. The van der Waals surface area contributed by atoms with Gasteiger partial charge in [-0.1, -0.05) is 46.7 Å². The molecule has 1 aromatic carbocycles. The van der Waals surface area contributed by atoms with Crippen molar-refractivity contribution in [3.63, 3.8) is 0 Å². The minimum Gasteiger partial charge on any atom is -0.305 e. The molecular weight excluding hydrogens is 324 g/mol. The molecule has 1 aliphatic heterocycles. The Bertz CT molecular complexity index is 490. The van der Waals surface area contributed by atoms with Crippen LogP contribution < -0.4 is 5.32 Å². The molecule has 0 bridgehead atoms. The Morgan fingerprint density at radius 1 is 1.58 bits per heavy atom. The number of amides is 1. The van der Waals surface area contributed by atoms with Gasteiger partial charge in [0.15, 0.2) is 5.17 Å². The highest BCUT2D eigenvalue weighted by atomic mass is 79.9. The third-order valence-corrected chi connectivity index (χ3v) is 4.43. The van der Waals surface area contributed by atoms with Gasteiger partial charge in [0, 0.05) is 16.1 Å². The van der Waals surface area contributed by atoms with Gasteiger partial charge in [0.25, 0.3) is 0 Å². The first kappa shape index (κ1) is 14.6. The molecule has 0 unspecified atom stereocenters. The van der Waals surface area contributed by atoms with Crippen molar-refractivity contribution in [1.82, 2.24) is 5.32 Å². The Kier molecular flexibility index (Phi) is 5.45. The first-order valence-electron chi connectivity index (χ1n) is 6.41. The molecule has 102 valence electrons. The van der Waals surface area contributed by atoms with Gasteiger partial charge < -0.3 is 5.32 Å². The minimum absolute atomic E-state index is 0.00167. The van der Waals surface area contributed by atoms with Crippen LogP contribution in [0.15, 0.2) is 33.7 Å². The second-order valence-corrected chi connectivity index (χ2v) is 6.46. The average Bonchev–Trinajstić information content (AvgIpc) is 2.88. The molecule has 2 rings (SSSR count). The van der Waals surface area contributed by atoms with Crippen LogP contribution in [-0.4, -0.2) is 23.4 Å². The summed E-state index contributed by atoms with van der Waals surface area (Å²) in [4.78, 5) is 16.5. The lowest BCUT2D eigenvalue weighted by Gasteiger charge is -2.15. The van der Waals surface area contributed by atoms with E-state index in [1.807, 2.05) is 19.1 Å². The molecule has 0 spiro atoms. The number of hydrogen-bond donors (Lipinski definition) is 1. The third-order valence-electron chi connectivity index (χ3n) is 3.05. The van der Waals surface area contributed by atoms with Crippen molar-refractivity contribution in [1.29, 1.82) is 0 Å². The van der Waals surface area contributed by atoms with Gasteiger partial charge in [0.1, 0.15) is 0 Å². The van der Waals surface area contributed by atoms with Crippen LogP contribution in [0.5, 0.6) is 0 Å². The van der Waals surface area contributed by atoms with E-state index in [0.717, 1.165) is 34.8 Å². The van der Waals surface area contributed by atoms with Crippen molar-refractivity contribution in [2.24, 2.45) is 10.9 Å². The van der Waals surface area contributed by atoms with Gasteiger partial charge >= 0.3 is 0 Å². The SMILES string of the molecule is CC[C@@H](Cc1cccc(Br)c1)C(=O)NC1=NCCS1. The van der Waals surface area contributed by atoms with E-state index in [-0.39, 0.29) is 11.8 Å². The van der Waals surface area contributed by atoms with Crippen LogP contribution in [0, 0.1) is 5.92 Å². The van der Waals surface area contributed by atoms with Crippen molar-refractivity contribution < 1.29 is 4.79 Å². The topological polar surface area (TPSA) is 41.5 Å². The number of nitrogens with one attached hydrogen (secondary N) is 1. The normalized spacial score (nSPS) is 16.0. The predicted molar refractivity (Wildman–Crippen MR) is 84.5 cm³/mol. The molecule has 1 aliphatic rings. The zero-order valence-corrected chi connectivity index (χ0v) is 13.3. The summed E-state index contributed by atoms with van der Waals surface area (Å²) in [6.45, 7) is 2.86. The van der Waals surface area contributed by atoms with Gasteiger partial charge in [0.05, 0.1) is 6.54 Å². The molecule has 1 N–H and O–H groups in total. The van der Waals surface area contributed by atoms with Crippen molar-refractivity contribution >= 4 is 38.8 Å². The van der Waals surface area contributed by atoms with Gasteiger partial charge in [-0.25, -0.2) is 0 Å². The summed E-state index contributed by atoms with van der Waals surface area (Å²) in [5.41, 5.74) is 1.18. The third kappa shape index (κ3) is 4.35. The van der Waals surface area contributed by atoms with Crippen LogP contribution in [0.25, 0.3) is 0 Å². The number of amidine groups is 1. The Balaban J connectivity index is 1.97. The van der Waals surface area contributed by atoms with Crippen molar-refractivity contribution in [3.05, 3.63) is 34.3 Å². The van der Waals surface area contributed by atoms with Gasteiger partial charge in [-0.2, -0.15) is 0 Å². The first-order valence-corrected chi connectivity index (χ1v) is 8.19. The lowest BCUT2D eigenvalue weighted by molar-refractivity contribution is -0.123. The minimum atomic E-state index is -0.00167. The molecule has 0 fully saturated rings. The maximum Gasteiger partial charge on any atom is 0.229 e. The van der Waals surface area contributed by atoms with E-state index in [2.05, 4.69) is 38.4 Å². The van der Waals surface area contributed by atoms with E-state index in [9.17, 15) is 4.79 Å². The second kappa shape index (κ2) is 7.10. The molecule has 0 aromatic heterocycles. The lowest BCUT2D eigenvalue weighted by Crippen LogP contribution is -2.34. The van der Waals surface area contributed by atoms with E-state index in [1.165, 1.54) is 5.56 Å². The first-order chi connectivity index (χ1) is 9.19. The Labute approximate surface area is 126 Å². The lowest BCUT2D eigenvalue weighted by atomic mass is 9.96. The van der Waals surface area contributed by atoms with E-state index in [4.69, 9.17) is 0 Å². The molecule has 1 atom stereocenters. The molecule has 3 nitrogen and oxygen atoms in total. The molecule has 0 radical (unpaired) electrons. The highest BCUT2D eigenvalue weighted by Crippen LogP contribution is 2.18. The molecule has 1 heterocycles. The van der Waals surface area contributed by atoms with E-state index in [1.54, 1.807) is 11.8 Å². The van der Waals surface area contributed by atoms with Crippen LogP contribution in [0.4, 0.5) is 0 Å². The number of carbonyl (C=O) groups excluding carboxylic acids is 1. The molecule has 0 saturated carbocycles. The van der Waals surface area contributed by atoms with Crippen molar-refractivity contribution in [2.45, 2.75) is 19.8 Å². The molecule has 0 saturated heterocycles. The molecular formula is C14H17BrN2OS. The molecule has 5 heteroatoms. The number of rotatable bonds is 4. The summed E-state index contributed by atoms with van der Waals surface area (Å²) < 4.78 is 1.05. The van der Waals surface area contributed by atoms with Gasteiger partial charge in [-0.3, -0.25) is 9.79 Å². The molecule has 1 amide bonds. The number of aliphatic imine (C=N–C) groups is 1. The zero-order valence-electron chi connectivity index (χ0n) is 10.9. The van der Waals surface area contributed by atoms with Crippen molar-refractivity contribution in [2.75, 3.05) is 12.3 Å². The van der Waals surface area contributed by atoms with Crippen LogP contribution >= 0.6 is 27.7 Å².